The Kier molecular flexibility index (Phi) is 5.37. The van der Waals surface area contributed by atoms with Gasteiger partial charge in [-0.05, 0) is 88.5 Å². The van der Waals surface area contributed by atoms with Crippen molar-refractivity contribution in [2.45, 2.75) is 78.0 Å². The topological polar surface area (TPSA) is 30.5 Å². The molecule has 1 atom stereocenters. The first-order valence-electron chi connectivity index (χ1n) is 10.6. The highest BCUT2D eigenvalue weighted by molar-refractivity contribution is 6.30. The number of hydrogen-bond acceptors (Lipinski definition) is 3. The summed E-state index contributed by atoms with van der Waals surface area (Å²) in [6, 6.07) is 4.37. The molecular weight excluding hydrogens is 358 g/mol. The highest BCUT2D eigenvalue weighted by Gasteiger charge is 2.52. The van der Waals surface area contributed by atoms with E-state index in [1.54, 1.807) is 7.11 Å². The van der Waals surface area contributed by atoms with Gasteiger partial charge in [-0.2, -0.15) is 0 Å². The summed E-state index contributed by atoms with van der Waals surface area (Å²) in [5.41, 5.74) is 1.58. The lowest BCUT2D eigenvalue weighted by atomic mass is 9.48. The van der Waals surface area contributed by atoms with Crippen molar-refractivity contribution in [3.63, 3.8) is 0 Å². The summed E-state index contributed by atoms with van der Waals surface area (Å²) in [5.74, 6) is 4.47. The Morgan fingerprint density at radius 1 is 1.07 bits per heavy atom. The van der Waals surface area contributed by atoms with E-state index in [1.165, 1.54) is 38.5 Å². The van der Waals surface area contributed by atoms with Gasteiger partial charge in [0, 0.05) is 29.2 Å². The normalized spacial score (nSPS) is 32.7. The average molecular weight is 392 g/mol. The summed E-state index contributed by atoms with van der Waals surface area (Å²) in [7, 11) is 1.67. The third kappa shape index (κ3) is 3.82. The first-order chi connectivity index (χ1) is 12.9. The standard InChI is InChI=1S/C23H34ClNO2/c1-14(2)27-22-19(8-20(24)9-21(22)26-4)13-25-15(3)23-10-16-5-17(11-23)7-18(6-16)12-23/h8-9,14-18,25H,5-7,10-13H2,1-4H3. The molecule has 4 heteroatoms. The second-order valence-electron chi connectivity index (χ2n) is 9.65. The van der Waals surface area contributed by atoms with Crippen molar-refractivity contribution in [3.05, 3.63) is 22.7 Å². The minimum atomic E-state index is 0.0967. The van der Waals surface area contributed by atoms with Crippen molar-refractivity contribution >= 4 is 11.6 Å². The van der Waals surface area contributed by atoms with Gasteiger partial charge in [0.25, 0.3) is 0 Å². The van der Waals surface area contributed by atoms with Crippen LogP contribution in [0.1, 0.15) is 64.9 Å². The third-order valence-corrected chi connectivity index (χ3v) is 7.49. The number of nitrogens with one attached hydrogen (secondary N) is 1. The molecule has 4 aliphatic rings. The van der Waals surface area contributed by atoms with E-state index in [1.807, 2.05) is 26.0 Å². The summed E-state index contributed by atoms with van der Waals surface area (Å²) in [4.78, 5) is 0. The summed E-state index contributed by atoms with van der Waals surface area (Å²) >= 11 is 6.35. The Hall–Kier alpha value is -0.930. The van der Waals surface area contributed by atoms with Gasteiger partial charge in [-0.15, -0.1) is 0 Å². The largest absolute Gasteiger partial charge is 0.493 e. The zero-order valence-electron chi connectivity index (χ0n) is 17.2. The fourth-order valence-electron chi connectivity index (χ4n) is 6.46. The van der Waals surface area contributed by atoms with Gasteiger partial charge in [0.1, 0.15) is 0 Å². The molecule has 3 nitrogen and oxygen atoms in total. The fraction of sp³-hybridized carbons (Fsp3) is 0.739. The summed E-state index contributed by atoms with van der Waals surface area (Å²) in [6.45, 7) is 7.26. The van der Waals surface area contributed by atoms with Gasteiger partial charge in [0.2, 0.25) is 0 Å². The SMILES string of the molecule is COc1cc(Cl)cc(CNC(C)C23CC4CC(CC(C4)C2)C3)c1OC(C)C. The van der Waals surface area contributed by atoms with Crippen molar-refractivity contribution < 1.29 is 9.47 Å². The maximum Gasteiger partial charge on any atom is 0.166 e. The molecule has 1 aromatic rings. The Labute approximate surface area is 169 Å². The van der Waals surface area contributed by atoms with Crippen LogP contribution in [0, 0.1) is 23.2 Å². The van der Waals surface area contributed by atoms with Gasteiger partial charge in [-0.1, -0.05) is 11.6 Å². The van der Waals surface area contributed by atoms with Crippen LogP contribution in [0.3, 0.4) is 0 Å². The molecule has 4 fully saturated rings. The van der Waals surface area contributed by atoms with Gasteiger partial charge in [-0.3, -0.25) is 0 Å². The van der Waals surface area contributed by atoms with E-state index >= 15 is 0 Å². The Morgan fingerprint density at radius 2 is 1.67 bits per heavy atom. The quantitative estimate of drug-likeness (QED) is 0.634. The molecule has 5 rings (SSSR count). The highest BCUT2D eigenvalue weighted by Crippen LogP contribution is 2.61. The smallest absolute Gasteiger partial charge is 0.166 e. The van der Waals surface area contributed by atoms with Crippen LogP contribution in [-0.4, -0.2) is 19.3 Å². The van der Waals surface area contributed by atoms with Crippen molar-refractivity contribution in [1.29, 1.82) is 0 Å². The number of ether oxygens (including phenoxy) is 2. The third-order valence-electron chi connectivity index (χ3n) is 7.27. The van der Waals surface area contributed by atoms with Crippen LogP contribution in [0.25, 0.3) is 0 Å². The van der Waals surface area contributed by atoms with Crippen LogP contribution in [-0.2, 0) is 6.54 Å². The van der Waals surface area contributed by atoms with Crippen molar-refractivity contribution in [2.24, 2.45) is 23.2 Å². The molecule has 1 unspecified atom stereocenters. The number of methoxy groups -OCH3 is 1. The minimum Gasteiger partial charge on any atom is -0.493 e. The van der Waals surface area contributed by atoms with E-state index in [-0.39, 0.29) is 6.10 Å². The van der Waals surface area contributed by atoms with Crippen molar-refractivity contribution in [3.8, 4) is 11.5 Å². The maximum atomic E-state index is 6.35. The van der Waals surface area contributed by atoms with Crippen molar-refractivity contribution in [1.82, 2.24) is 5.32 Å². The van der Waals surface area contributed by atoms with E-state index in [2.05, 4.69) is 12.2 Å². The van der Waals surface area contributed by atoms with E-state index in [0.717, 1.165) is 41.4 Å². The van der Waals surface area contributed by atoms with Gasteiger partial charge in [0.05, 0.1) is 13.2 Å². The number of halogens is 1. The lowest BCUT2D eigenvalue weighted by Crippen LogP contribution is -2.54. The molecule has 0 saturated heterocycles. The van der Waals surface area contributed by atoms with Gasteiger partial charge in [-0.25, -0.2) is 0 Å². The Bertz CT molecular complexity index is 652. The van der Waals surface area contributed by atoms with Crippen LogP contribution in [0.5, 0.6) is 11.5 Å². The van der Waals surface area contributed by atoms with Gasteiger partial charge < -0.3 is 14.8 Å². The lowest BCUT2D eigenvalue weighted by Gasteiger charge is -2.59. The highest BCUT2D eigenvalue weighted by atomic mass is 35.5. The minimum absolute atomic E-state index is 0.0967. The van der Waals surface area contributed by atoms with Crippen LogP contribution in [0.15, 0.2) is 12.1 Å². The van der Waals surface area contributed by atoms with E-state index in [4.69, 9.17) is 21.1 Å². The molecule has 4 bridgehead atoms. The summed E-state index contributed by atoms with van der Waals surface area (Å²) in [6.07, 6.45) is 8.82. The van der Waals surface area contributed by atoms with Crippen LogP contribution >= 0.6 is 11.6 Å². The van der Waals surface area contributed by atoms with Gasteiger partial charge >= 0.3 is 0 Å². The molecule has 0 amide bonds. The molecule has 0 radical (unpaired) electrons. The molecule has 27 heavy (non-hydrogen) atoms. The molecule has 4 aliphatic carbocycles. The average Bonchev–Trinajstić information content (AvgIpc) is 2.59. The molecule has 0 aromatic heterocycles. The van der Waals surface area contributed by atoms with Crippen LogP contribution < -0.4 is 14.8 Å². The Balaban J connectivity index is 1.50. The molecular formula is C23H34ClNO2. The first-order valence-corrected chi connectivity index (χ1v) is 11.0. The van der Waals surface area contributed by atoms with Crippen LogP contribution in [0.2, 0.25) is 5.02 Å². The molecule has 1 N–H and O–H groups in total. The zero-order chi connectivity index (χ0) is 19.2. The predicted octanol–water partition coefficient (Wildman–Crippen LogP) is 5.83. The number of hydrogen-bond donors (Lipinski definition) is 1. The fourth-order valence-corrected chi connectivity index (χ4v) is 6.69. The first kappa shape index (κ1) is 19.4. The predicted molar refractivity (Wildman–Crippen MR) is 111 cm³/mol. The maximum absolute atomic E-state index is 6.35. The number of benzene rings is 1. The molecule has 0 aliphatic heterocycles. The van der Waals surface area contributed by atoms with Crippen molar-refractivity contribution in [2.75, 3.05) is 7.11 Å². The second kappa shape index (κ2) is 7.48. The van der Waals surface area contributed by atoms with E-state index in [9.17, 15) is 0 Å². The molecule has 4 saturated carbocycles. The molecule has 150 valence electrons. The summed E-state index contributed by atoms with van der Waals surface area (Å²) in [5, 5.41) is 4.55. The number of rotatable bonds is 7. The molecule has 0 heterocycles. The lowest BCUT2D eigenvalue weighted by molar-refractivity contribution is -0.0707. The van der Waals surface area contributed by atoms with E-state index < -0.39 is 0 Å². The summed E-state index contributed by atoms with van der Waals surface area (Å²) < 4.78 is 11.6. The molecule has 1 aromatic carbocycles. The van der Waals surface area contributed by atoms with Crippen LogP contribution in [0.4, 0.5) is 0 Å². The molecule has 0 spiro atoms. The monoisotopic (exact) mass is 391 g/mol. The van der Waals surface area contributed by atoms with Gasteiger partial charge in [0.15, 0.2) is 11.5 Å². The Morgan fingerprint density at radius 3 is 2.19 bits per heavy atom. The second-order valence-corrected chi connectivity index (χ2v) is 10.1. The zero-order valence-corrected chi connectivity index (χ0v) is 17.9. The van der Waals surface area contributed by atoms with E-state index in [0.29, 0.717) is 16.5 Å².